The van der Waals surface area contributed by atoms with Crippen LogP contribution in [0.2, 0.25) is 0 Å². The van der Waals surface area contributed by atoms with Crippen LogP contribution >= 0.6 is 0 Å². The Bertz CT molecular complexity index is 1090. The molecule has 1 saturated heterocycles. The third-order valence-electron chi connectivity index (χ3n) is 5.41. The molecule has 3 rings (SSSR count). The minimum absolute atomic E-state index is 0.0706. The van der Waals surface area contributed by atoms with E-state index in [2.05, 4.69) is 0 Å². The fraction of sp³-hybridized carbons (Fsp3) is 0.429. The average molecular weight is 437 g/mol. The summed E-state index contributed by atoms with van der Waals surface area (Å²) in [6.45, 7) is 4.32. The molecule has 0 radical (unpaired) electrons. The topological polar surface area (TPSA) is 95.0 Å². The molecule has 1 N–H and O–H groups in total. The summed E-state index contributed by atoms with van der Waals surface area (Å²) in [4.78, 5) is 26.2. The number of carboxylic acids is 1. The molecule has 30 heavy (non-hydrogen) atoms. The number of benzene rings is 2. The largest absolute Gasteiger partial charge is 0.481 e. The highest BCUT2D eigenvalue weighted by Crippen LogP contribution is 2.29. The lowest BCUT2D eigenvalue weighted by atomic mass is 9.92. The van der Waals surface area contributed by atoms with Crippen molar-refractivity contribution in [3.8, 4) is 0 Å². The summed E-state index contributed by atoms with van der Waals surface area (Å²) in [5.41, 5.74) is 1.27. The molecule has 2 aromatic rings. The van der Waals surface area contributed by atoms with Crippen molar-refractivity contribution in [3.05, 3.63) is 46.8 Å². The number of amides is 1. The normalized spacial score (nSPS) is 15.5. The molecule has 9 heteroatoms. The summed E-state index contributed by atoms with van der Waals surface area (Å²) in [6, 6.07) is 5.75. The van der Waals surface area contributed by atoms with Crippen LogP contribution in [0.25, 0.3) is 10.8 Å². The molecule has 0 bridgehead atoms. The molecular formula is C21H25FN2O5S. The van der Waals surface area contributed by atoms with Gasteiger partial charge in [-0.2, -0.15) is 4.31 Å². The van der Waals surface area contributed by atoms with Crippen molar-refractivity contribution in [1.82, 2.24) is 9.21 Å². The second-order valence-electron chi connectivity index (χ2n) is 7.48. The van der Waals surface area contributed by atoms with Gasteiger partial charge < -0.3 is 10.0 Å². The Morgan fingerprint density at radius 3 is 2.40 bits per heavy atom. The predicted octanol–water partition coefficient (Wildman–Crippen LogP) is 2.41. The van der Waals surface area contributed by atoms with Crippen LogP contribution in [0.15, 0.2) is 24.3 Å². The van der Waals surface area contributed by atoms with Crippen molar-refractivity contribution in [1.29, 1.82) is 0 Å². The van der Waals surface area contributed by atoms with E-state index in [1.807, 2.05) is 0 Å². The Labute approximate surface area is 175 Å². The average Bonchev–Trinajstić information content (AvgIpc) is 2.68. The van der Waals surface area contributed by atoms with Crippen LogP contribution in [0.1, 0.15) is 34.8 Å². The van der Waals surface area contributed by atoms with Crippen LogP contribution in [0.5, 0.6) is 0 Å². The minimum atomic E-state index is -3.34. The number of hydrogen-bond acceptors (Lipinski definition) is 4. The molecule has 2 aromatic carbocycles. The van der Waals surface area contributed by atoms with Crippen LogP contribution in [-0.2, 0) is 21.2 Å². The number of piperazine rings is 1. The predicted molar refractivity (Wildman–Crippen MR) is 112 cm³/mol. The Balaban J connectivity index is 1.96. The monoisotopic (exact) mass is 436 g/mol. The van der Waals surface area contributed by atoms with Gasteiger partial charge in [-0.15, -0.1) is 0 Å². The van der Waals surface area contributed by atoms with Crippen molar-refractivity contribution in [2.45, 2.75) is 26.7 Å². The molecule has 1 aliphatic rings. The maximum atomic E-state index is 13.9. The Morgan fingerprint density at radius 1 is 1.13 bits per heavy atom. The molecule has 1 amide bonds. The number of halogens is 1. The third kappa shape index (κ3) is 4.46. The number of aliphatic carboxylic acids is 1. The second-order valence-corrected chi connectivity index (χ2v) is 9.57. The lowest BCUT2D eigenvalue weighted by molar-refractivity contribution is -0.136. The first-order valence-corrected chi connectivity index (χ1v) is 11.5. The van der Waals surface area contributed by atoms with Crippen LogP contribution in [0.4, 0.5) is 4.39 Å². The summed E-state index contributed by atoms with van der Waals surface area (Å²) in [6.07, 6.45) is 0.275. The van der Waals surface area contributed by atoms with E-state index in [-0.39, 0.29) is 49.8 Å². The molecule has 0 saturated carbocycles. The molecule has 0 spiro atoms. The maximum Gasteiger partial charge on any atom is 0.307 e. The maximum absolute atomic E-state index is 13.9. The van der Waals surface area contributed by atoms with E-state index in [0.717, 1.165) is 0 Å². The van der Waals surface area contributed by atoms with E-state index >= 15 is 0 Å². The molecule has 1 heterocycles. The highest BCUT2D eigenvalue weighted by molar-refractivity contribution is 7.89. The molecule has 0 aliphatic carbocycles. The van der Waals surface area contributed by atoms with Gasteiger partial charge in [0.05, 0.1) is 17.7 Å². The van der Waals surface area contributed by atoms with Gasteiger partial charge >= 0.3 is 5.97 Å². The quantitative estimate of drug-likeness (QED) is 0.750. The van der Waals surface area contributed by atoms with E-state index in [4.69, 9.17) is 0 Å². The van der Waals surface area contributed by atoms with E-state index in [1.54, 1.807) is 24.8 Å². The van der Waals surface area contributed by atoms with Crippen molar-refractivity contribution >= 4 is 32.7 Å². The van der Waals surface area contributed by atoms with Crippen LogP contribution in [0.3, 0.4) is 0 Å². The fourth-order valence-corrected chi connectivity index (χ4v) is 5.36. The van der Waals surface area contributed by atoms with E-state index in [1.165, 1.54) is 22.5 Å². The summed E-state index contributed by atoms with van der Waals surface area (Å²) >= 11 is 0. The number of carboxylic acid groups (broad SMARTS) is 1. The number of nitrogens with zero attached hydrogens (tertiary/aromatic N) is 2. The Hall–Kier alpha value is -2.52. The zero-order chi connectivity index (χ0) is 22.1. The van der Waals surface area contributed by atoms with Crippen molar-refractivity contribution in [3.63, 3.8) is 0 Å². The molecule has 0 unspecified atom stereocenters. The summed E-state index contributed by atoms with van der Waals surface area (Å²) in [5, 5.41) is 10.2. The van der Waals surface area contributed by atoms with Crippen molar-refractivity contribution < 1.29 is 27.5 Å². The van der Waals surface area contributed by atoms with Gasteiger partial charge in [0.25, 0.3) is 5.91 Å². The second kappa shape index (κ2) is 8.69. The number of rotatable bonds is 6. The minimum Gasteiger partial charge on any atom is -0.481 e. The van der Waals surface area contributed by atoms with Crippen LogP contribution in [-0.4, -0.2) is 66.5 Å². The van der Waals surface area contributed by atoms with Gasteiger partial charge in [-0.1, -0.05) is 19.1 Å². The van der Waals surface area contributed by atoms with E-state index in [9.17, 15) is 27.5 Å². The fourth-order valence-electron chi connectivity index (χ4n) is 3.87. The number of fused-ring (bicyclic) bond motifs is 1. The van der Waals surface area contributed by atoms with Gasteiger partial charge in [-0.05, 0) is 47.4 Å². The first kappa shape index (κ1) is 22.2. The summed E-state index contributed by atoms with van der Waals surface area (Å²) in [7, 11) is -3.34. The van der Waals surface area contributed by atoms with Crippen LogP contribution < -0.4 is 0 Å². The molecule has 1 aliphatic heterocycles. The van der Waals surface area contributed by atoms with Crippen molar-refractivity contribution in [2.75, 3.05) is 31.9 Å². The third-order valence-corrected chi connectivity index (χ3v) is 7.48. The molecular weight excluding hydrogens is 411 g/mol. The van der Waals surface area contributed by atoms with Crippen molar-refractivity contribution in [2.24, 2.45) is 0 Å². The number of carbonyl (C=O) groups is 2. The van der Waals surface area contributed by atoms with Gasteiger partial charge in [0, 0.05) is 26.2 Å². The van der Waals surface area contributed by atoms with Crippen LogP contribution in [0, 0.1) is 12.7 Å². The molecule has 7 nitrogen and oxygen atoms in total. The lowest BCUT2D eigenvalue weighted by Gasteiger charge is -2.34. The summed E-state index contributed by atoms with van der Waals surface area (Å²) < 4.78 is 39.9. The first-order valence-electron chi connectivity index (χ1n) is 9.84. The smallest absolute Gasteiger partial charge is 0.307 e. The van der Waals surface area contributed by atoms with E-state index < -0.39 is 21.8 Å². The SMILES string of the molecule is CCCS(=O)(=O)N1CCN(C(=O)c2c(C)c(CC(=O)O)cc3ccc(F)cc23)CC1. The Kier molecular flexibility index (Phi) is 6.42. The number of hydrogen-bond donors (Lipinski definition) is 1. The van der Waals surface area contributed by atoms with Gasteiger partial charge in [-0.25, -0.2) is 12.8 Å². The number of carbonyl (C=O) groups excluding carboxylic acids is 1. The number of sulfonamides is 1. The molecule has 162 valence electrons. The molecule has 1 fully saturated rings. The lowest BCUT2D eigenvalue weighted by Crippen LogP contribution is -2.51. The highest BCUT2D eigenvalue weighted by Gasteiger charge is 2.30. The zero-order valence-electron chi connectivity index (χ0n) is 17.0. The van der Waals surface area contributed by atoms with Gasteiger partial charge in [-0.3, -0.25) is 9.59 Å². The molecule has 0 atom stereocenters. The first-order chi connectivity index (χ1) is 14.1. The van der Waals surface area contributed by atoms with Gasteiger partial charge in [0.2, 0.25) is 10.0 Å². The Morgan fingerprint density at radius 2 is 1.80 bits per heavy atom. The van der Waals surface area contributed by atoms with Gasteiger partial charge in [0.15, 0.2) is 0 Å². The zero-order valence-corrected chi connectivity index (χ0v) is 17.8. The molecule has 0 aromatic heterocycles. The van der Waals surface area contributed by atoms with E-state index in [0.29, 0.717) is 28.3 Å². The summed E-state index contributed by atoms with van der Waals surface area (Å²) in [5.74, 6) is -1.78. The standard InChI is InChI=1S/C21H25FN2O5S/c1-3-10-30(28,29)24-8-6-23(7-9-24)21(27)20-14(2)16(12-19(25)26)11-15-4-5-17(22)13-18(15)20/h4-5,11,13H,3,6-10,12H2,1-2H3,(H,25,26). The highest BCUT2D eigenvalue weighted by atomic mass is 32.2. The van der Waals surface area contributed by atoms with Gasteiger partial charge in [0.1, 0.15) is 5.82 Å².